The van der Waals surface area contributed by atoms with Gasteiger partial charge in [0.2, 0.25) is 0 Å². The Morgan fingerprint density at radius 2 is 1.75 bits per heavy atom. The molecule has 2 aliphatic rings. The van der Waals surface area contributed by atoms with Crippen molar-refractivity contribution in [3.8, 4) is 0 Å². The highest BCUT2D eigenvalue weighted by atomic mass is 16.1. The third-order valence-electron chi connectivity index (χ3n) is 4.57. The molecule has 0 aromatic carbocycles. The van der Waals surface area contributed by atoms with Crippen molar-refractivity contribution in [2.24, 2.45) is 5.92 Å². The number of ketones is 1. The molecule has 0 aromatic rings. The van der Waals surface area contributed by atoms with E-state index in [1.54, 1.807) is 0 Å². The standard InChI is InChI=1S/C14H25NO/c1-11-4-3-5-13(10-11)15(2)12-6-8-14(16)9-7-12/h11-13H,3-10H2,1-2H3. The van der Waals surface area contributed by atoms with Gasteiger partial charge in [-0.05, 0) is 38.6 Å². The molecule has 2 rings (SSSR count). The van der Waals surface area contributed by atoms with Gasteiger partial charge in [-0.1, -0.05) is 19.8 Å². The van der Waals surface area contributed by atoms with E-state index in [4.69, 9.17) is 0 Å². The Morgan fingerprint density at radius 3 is 2.38 bits per heavy atom. The molecule has 0 spiro atoms. The predicted molar refractivity (Wildman–Crippen MR) is 66.4 cm³/mol. The smallest absolute Gasteiger partial charge is 0.133 e. The number of carbonyl (C=O) groups is 1. The van der Waals surface area contributed by atoms with Crippen LogP contribution in [0.5, 0.6) is 0 Å². The molecule has 92 valence electrons. The molecule has 0 aromatic heterocycles. The van der Waals surface area contributed by atoms with Gasteiger partial charge >= 0.3 is 0 Å². The number of hydrogen-bond donors (Lipinski definition) is 0. The fraction of sp³-hybridized carbons (Fsp3) is 0.929. The first kappa shape index (κ1) is 12.1. The lowest BCUT2D eigenvalue weighted by atomic mass is 9.84. The molecule has 2 saturated carbocycles. The molecule has 0 radical (unpaired) electrons. The summed E-state index contributed by atoms with van der Waals surface area (Å²) in [5.74, 6) is 1.37. The fourth-order valence-corrected chi connectivity index (χ4v) is 3.40. The fourth-order valence-electron chi connectivity index (χ4n) is 3.40. The lowest BCUT2D eigenvalue weighted by Gasteiger charge is -2.40. The molecule has 2 unspecified atom stereocenters. The summed E-state index contributed by atoms with van der Waals surface area (Å²) in [7, 11) is 2.28. The first-order valence-corrected chi connectivity index (χ1v) is 6.90. The predicted octanol–water partition coefficient (Wildman–Crippen LogP) is 3.01. The molecule has 16 heavy (non-hydrogen) atoms. The molecule has 2 fully saturated rings. The summed E-state index contributed by atoms with van der Waals surface area (Å²) < 4.78 is 0. The molecule has 0 N–H and O–H groups in total. The van der Waals surface area contributed by atoms with Gasteiger partial charge in [0.15, 0.2) is 0 Å². The summed E-state index contributed by atoms with van der Waals surface area (Å²) in [5, 5.41) is 0. The van der Waals surface area contributed by atoms with Crippen LogP contribution in [0.3, 0.4) is 0 Å². The molecule has 0 bridgehead atoms. The molecule has 2 heteroatoms. The normalized spacial score (nSPS) is 33.3. The van der Waals surface area contributed by atoms with Crippen LogP contribution in [-0.4, -0.2) is 29.8 Å². The van der Waals surface area contributed by atoms with Gasteiger partial charge in [-0.2, -0.15) is 0 Å². The highest BCUT2D eigenvalue weighted by Crippen LogP contribution is 2.30. The quantitative estimate of drug-likeness (QED) is 0.717. The second kappa shape index (κ2) is 5.31. The first-order valence-electron chi connectivity index (χ1n) is 6.90. The summed E-state index contributed by atoms with van der Waals surface area (Å²) in [6.07, 6.45) is 9.36. The molecular weight excluding hydrogens is 198 g/mol. The van der Waals surface area contributed by atoms with Gasteiger partial charge in [-0.3, -0.25) is 4.79 Å². The zero-order valence-corrected chi connectivity index (χ0v) is 10.7. The van der Waals surface area contributed by atoms with Crippen LogP contribution in [0.15, 0.2) is 0 Å². The van der Waals surface area contributed by atoms with Crippen molar-refractivity contribution in [1.29, 1.82) is 0 Å². The third kappa shape index (κ3) is 2.85. The topological polar surface area (TPSA) is 20.3 Å². The summed E-state index contributed by atoms with van der Waals surface area (Å²) in [4.78, 5) is 13.8. The molecule has 2 atom stereocenters. The van der Waals surface area contributed by atoms with Crippen LogP contribution < -0.4 is 0 Å². The van der Waals surface area contributed by atoms with Crippen molar-refractivity contribution >= 4 is 5.78 Å². The number of carbonyl (C=O) groups excluding carboxylic acids is 1. The average Bonchev–Trinajstić information content (AvgIpc) is 2.29. The minimum Gasteiger partial charge on any atom is -0.300 e. The van der Waals surface area contributed by atoms with Crippen LogP contribution in [0.1, 0.15) is 58.3 Å². The van der Waals surface area contributed by atoms with Crippen molar-refractivity contribution < 1.29 is 4.79 Å². The van der Waals surface area contributed by atoms with Crippen LogP contribution in [0.4, 0.5) is 0 Å². The zero-order chi connectivity index (χ0) is 11.5. The van der Waals surface area contributed by atoms with Crippen molar-refractivity contribution in [2.75, 3.05) is 7.05 Å². The van der Waals surface area contributed by atoms with E-state index in [0.717, 1.165) is 37.6 Å². The van der Waals surface area contributed by atoms with Crippen molar-refractivity contribution in [1.82, 2.24) is 4.90 Å². The Balaban J connectivity index is 1.86. The summed E-state index contributed by atoms with van der Waals surface area (Å²) >= 11 is 0. The molecule has 0 heterocycles. The Hall–Kier alpha value is -0.370. The molecule has 2 nitrogen and oxygen atoms in total. The van der Waals surface area contributed by atoms with Crippen molar-refractivity contribution in [3.05, 3.63) is 0 Å². The Morgan fingerprint density at radius 1 is 1.06 bits per heavy atom. The average molecular weight is 223 g/mol. The van der Waals surface area contributed by atoms with Gasteiger partial charge in [-0.15, -0.1) is 0 Å². The van der Waals surface area contributed by atoms with E-state index in [2.05, 4.69) is 18.9 Å². The lowest BCUT2D eigenvalue weighted by molar-refractivity contribution is -0.121. The van der Waals surface area contributed by atoms with Gasteiger partial charge in [0.25, 0.3) is 0 Å². The van der Waals surface area contributed by atoms with E-state index in [-0.39, 0.29) is 0 Å². The van der Waals surface area contributed by atoms with Crippen molar-refractivity contribution in [2.45, 2.75) is 70.4 Å². The minimum absolute atomic E-state index is 0.474. The summed E-state index contributed by atoms with van der Waals surface area (Å²) in [6, 6.07) is 1.45. The van der Waals surface area contributed by atoms with Crippen LogP contribution >= 0.6 is 0 Å². The van der Waals surface area contributed by atoms with Crippen LogP contribution in [0.2, 0.25) is 0 Å². The number of Topliss-reactive ketones (excluding diaryl/α,β-unsaturated/α-hetero) is 1. The molecule has 0 aliphatic heterocycles. The lowest BCUT2D eigenvalue weighted by Crippen LogP contribution is -2.44. The maximum Gasteiger partial charge on any atom is 0.133 e. The number of rotatable bonds is 2. The molecule has 0 saturated heterocycles. The van der Waals surface area contributed by atoms with Gasteiger partial charge in [0.05, 0.1) is 0 Å². The first-order chi connectivity index (χ1) is 7.66. The van der Waals surface area contributed by atoms with Crippen LogP contribution in [0.25, 0.3) is 0 Å². The summed E-state index contributed by atoms with van der Waals surface area (Å²) in [6.45, 7) is 2.38. The Bertz CT molecular complexity index is 241. The SMILES string of the molecule is CC1CCCC(N(C)C2CCC(=O)CC2)C1. The van der Waals surface area contributed by atoms with Gasteiger partial charge in [0.1, 0.15) is 5.78 Å². The van der Waals surface area contributed by atoms with E-state index >= 15 is 0 Å². The second-order valence-corrected chi connectivity index (χ2v) is 5.86. The van der Waals surface area contributed by atoms with E-state index in [9.17, 15) is 4.79 Å². The maximum atomic E-state index is 11.2. The highest BCUT2D eigenvalue weighted by Gasteiger charge is 2.29. The third-order valence-corrected chi connectivity index (χ3v) is 4.57. The Labute approximate surface area is 99.4 Å². The van der Waals surface area contributed by atoms with E-state index in [0.29, 0.717) is 11.8 Å². The molecule has 2 aliphatic carbocycles. The minimum atomic E-state index is 0.474. The van der Waals surface area contributed by atoms with E-state index in [1.807, 2.05) is 0 Å². The van der Waals surface area contributed by atoms with Crippen LogP contribution in [-0.2, 0) is 4.79 Å². The van der Waals surface area contributed by atoms with Crippen molar-refractivity contribution in [3.63, 3.8) is 0 Å². The van der Waals surface area contributed by atoms with Crippen LogP contribution in [0, 0.1) is 5.92 Å². The van der Waals surface area contributed by atoms with E-state index in [1.165, 1.54) is 25.7 Å². The maximum absolute atomic E-state index is 11.2. The highest BCUT2D eigenvalue weighted by molar-refractivity contribution is 5.79. The molecule has 0 amide bonds. The van der Waals surface area contributed by atoms with Gasteiger partial charge < -0.3 is 4.90 Å². The largest absolute Gasteiger partial charge is 0.300 e. The van der Waals surface area contributed by atoms with E-state index < -0.39 is 0 Å². The zero-order valence-electron chi connectivity index (χ0n) is 10.7. The number of hydrogen-bond acceptors (Lipinski definition) is 2. The summed E-state index contributed by atoms with van der Waals surface area (Å²) in [5.41, 5.74) is 0. The second-order valence-electron chi connectivity index (χ2n) is 5.86. The Kier molecular flexibility index (Phi) is 4.01. The molecular formula is C14H25NO. The van der Waals surface area contributed by atoms with Gasteiger partial charge in [-0.25, -0.2) is 0 Å². The number of nitrogens with zero attached hydrogens (tertiary/aromatic N) is 1. The monoisotopic (exact) mass is 223 g/mol. The van der Waals surface area contributed by atoms with Gasteiger partial charge in [0, 0.05) is 24.9 Å².